The van der Waals surface area contributed by atoms with Gasteiger partial charge in [0.25, 0.3) is 0 Å². The molecule has 0 aliphatic carbocycles. The molecular formula is C13H34N+. The summed E-state index contributed by atoms with van der Waals surface area (Å²) in [4.78, 5) is 0. The molecule has 0 atom stereocenters. The fraction of sp³-hybridized carbons (Fsp3) is 1.00. The molecule has 3 N–H and O–H groups in total. The van der Waals surface area contributed by atoms with Gasteiger partial charge in [0.05, 0.1) is 6.54 Å². The fourth-order valence-corrected chi connectivity index (χ4v) is 1.10. The first-order valence-electron chi connectivity index (χ1n) is 6.12. The van der Waals surface area contributed by atoms with E-state index in [0.29, 0.717) is 0 Å². The molecule has 0 heterocycles. The van der Waals surface area contributed by atoms with Gasteiger partial charge in [-0.1, -0.05) is 66.7 Å². The first kappa shape index (κ1) is 19.5. The zero-order valence-electron chi connectivity index (χ0n) is 10.1. The van der Waals surface area contributed by atoms with Crippen molar-refractivity contribution < 1.29 is 5.73 Å². The standard InChI is InChI=1S/C6H15N.C6H14.CH4/c1-2-3-4-5-6-7;1-3-5-6-4-2;/h2-7H2,1H3;3-6H2,1-2H3;1H4/p+1. The molecule has 0 amide bonds. The minimum Gasteiger partial charge on any atom is -0.358 e. The van der Waals surface area contributed by atoms with E-state index in [2.05, 4.69) is 26.5 Å². The van der Waals surface area contributed by atoms with Crippen LogP contribution in [-0.2, 0) is 0 Å². The van der Waals surface area contributed by atoms with Gasteiger partial charge in [-0.3, -0.25) is 0 Å². The molecule has 90 valence electrons. The van der Waals surface area contributed by atoms with Gasteiger partial charge in [-0.25, -0.2) is 0 Å². The van der Waals surface area contributed by atoms with Crippen molar-refractivity contribution in [2.45, 2.75) is 79.6 Å². The molecular weight excluding hydrogens is 170 g/mol. The Morgan fingerprint density at radius 1 is 0.643 bits per heavy atom. The van der Waals surface area contributed by atoms with E-state index in [9.17, 15) is 0 Å². The molecule has 0 saturated carbocycles. The normalized spacial score (nSPS) is 8.57. The molecule has 0 aromatic carbocycles. The summed E-state index contributed by atoms with van der Waals surface area (Å²) in [5, 5.41) is 0. The first-order valence-corrected chi connectivity index (χ1v) is 6.12. The second-order valence-electron chi connectivity index (χ2n) is 3.62. The summed E-state index contributed by atoms with van der Waals surface area (Å²) >= 11 is 0. The van der Waals surface area contributed by atoms with E-state index in [4.69, 9.17) is 0 Å². The molecule has 0 saturated heterocycles. The van der Waals surface area contributed by atoms with Crippen molar-refractivity contribution in [1.29, 1.82) is 0 Å². The largest absolute Gasteiger partial charge is 0.358 e. The van der Waals surface area contributed by atoms with E-state index in [1.165, 1.54) is 51.4 Å². The van der Waals surface area contributed by atoms with Crippen LogP contribution in [0.2, 0.25) is 0 Å². The van der Waals surface area contributed by atoms with Crippen molar-refractivity contribution in [1.82, 2.24) is 0 Å². The number of hydrogen-bond donors (Lipinski definition) is 1. The summed E-state index contributed by atoms with van der Waals surface area (Å²) in [5.41, 5.74) is 3.76. The third kappa shape index (κ3) is 29.7. The number of hydrogen-bond acceptors (Lipinski definition) is 0. The van der Waals surface area contributed by atoms with Gasteiger partial charge < -0.3 is 5.73 Å². The van der Waals surface area contributed by atoms with Gasteiger partial charge >= 0.3 is 0 Å². The first-order chi connectivity index (χ1) is 6.33. The average molecular weight is 204 g/mol. The minimum absolute atomic E-state index is 0. The van der Waals surface area contributed by atoms with Crippen molar-refractivity contribution in [3.8, 4) is 0 Å². The van der Waals surface area contributed by atoms with Crippen LogP contribution in [0.5, 0.6) is 0 Å². The Morgan fingerprint density at radius 3 is 1.29 bits per heavy atom. The molecule has 0 unspecified atom stereocenters. The van der Waals surface area contributed by atoms with Gasteiger partial charge in [-0.15, -0.1) is 0 Å². The van der Waals surface area contributed by atoms with Crippen LogP contribution >= 0.6 is 0 Å². The Balaban J connectivity index is -0.000000163. The Bertz CT molecular complexity index is 54.3. The van der Waals surface area contributed by atoms with Crippen LogP contribution in [0, 0.1) is 0 Å². The SMILES string of the molecule is C.CCCCCC.CCCCCC[NH3+]. The van der Waals surface area contributed by atoms with Crippen LogP contribution in [-0.4, -0.2) is 6.54 Å². The van der Waals surface area contributed by atoms with Crippen LogP contribution in [0.1, 0.15) is 79.6 Å². The van der Waals surface area contributed by atoms with Crippen molar-refractivity contribution >= 4 is 0 Å². The monoisotopic (exact) mass is 204 g/mol. The average Bonchev–Trinajstić information content (AvgIpc) is 2.17. The molecule has 0 fully saturated rings. The second-order valence-corrected chi connectivity index (χ2v) is 3.62. The van der Waals surface area contributed by atoms with E-state index in [1.54, 1.807) is 0 Å². The van der Waals surface area contributed by atoms with E-state index in [-0.39, 0.29) is 7.43 Å². The van der Waals surface area contributed by atoms with Crippen LogP contribution < -0.4 is 5.73 Å². The lowest BCUT2D eigenvalue weighted by Crippen LogP contribution is -2.50. The van der Waals surface area contributed by atoms with Crippen LogP contribution in [0.25, 0.3) is 0 Å². The van der Waals surface area contributed by atoms with E-state index in [1.807, 2.05) is 0 Å². The molecule has 14 heavy (non-hydrogen) atoms. The smallest absolute Gasteiger partial charge is 0.0739 e. The van der Waals surface area contributed by atoms with Crippen LogP contribution in [0.3, 0.4) is 0 Å². The topological polar surface area (TPSA) is 27.6 Å². The third-order valence-electron chi connectivity index (χ3n) is 2.06. The zero-order valence-corrected chi connectivity index (χ0v) is 10.1. The Hall–Kier alpha value is -0.0400. The number of rotatable bonds is 7. The lowest BCUT2D eigenvalue weighted by molar-refractivity contribution is -0.368. The summed E-state index contributed by atoms with van der Waals surface area (Å²) in [6.45, 7) is 7.80. The molecule has 0 rings (SSSR count). The highest BCUT2D eigenvalue weighted by atomic mass is 14.5. The highest BCUT2D eigenvalue weighted by Gasteiger charge is 1.82. The zero-order chi connectivity index (χ0) is 10.4. The van der Waals surface area contributed by atoms with Crippen molar-refractivity contribution in [2.75, 3.05) is 6.54 Å². The molecule has 0 aliphatic rings. The van der Waals surface area contributed by atoms with E-state index >= 15 is 0 Å². The lowest BCUT2D eigenvalue weighted by Gasteiger charge is -1.89. The van der Waals surface area contributed by atoms with E-state index in [0.717, 1.165) is 6.54 Å². The second kappa shape index (κ2) is 23.1. The summed E-state index contributed by atoms with van der Waals surface area (Å²) in [6, 6.07) is 0. The van der Waals surface area contributed by atoms with Crippen LogP contribution in [0.15, 0.2) is 0 Å². The lowest BCUT2D eigenvalue weighted by atomic mass is 10.2. The van der Waals surface area contributed by atoms with Crippen molar-refractivity contribution in [3.63, 3.8) is 0 Å². The van der Waals surface area contributed by atoms with Gasteiger partial charge in [0.2, 0.25) is 0 Å². The predicted octanol–water partition coefficient (Wildman–Crippen LogP) is 4.03. The molecule has 1 nitrogen and oxygen atoms in total. The summed E-state index contributed by atoms with van der Waals surface area (Å²) < 4.78 is 0. The summed E-state index contributed by atoms with van der Waals surface area (Å²) in [5.74, 6) is 0. The number of unbranched alkanes of at least 4 members (excludes halogenated alkanes) is 6. The highest BCUT2D eigenvalue weighted by Crippen LogP contribution is 1.95. The molecule has 0 aliphatic heterocycles. The summed E-state index contributed by atoms with van der Waals surface area (Å²) in [6.07, 6.45) is 10.9. The molecule has 0 spiro atoms. The third-order valence-corrected chi connectivity index (χ3v) is 2.06. The van der Waals surface area contributed by atoms with Gasteiger partial charge in [-0.05, 0) is 12.8 Å². The molecule has 0 radical (unpaired) electrons. The summed E-state index contributed by atoms with van der Waals surface area (Å²) in [7, 11) is 0. The fourth-order valence-electron chi connectivity index (χ4n) is 1.10. The van der Waals surface area contributed by atoms with Gasteiger partial charge in [0.15, 0.2) is 0 Å². The maximum absolute atomic E-state index is 3.76. The maximum Gasteiger partial charge on any atom is 0.0739 e. The Morgan fingerprint density at radius 2 is 1.00 bits per heavy atom. The molecule has 0 bridgehead atoms. The molecule has 0 aromatic heterocycles. The van der Waals surface area contributed by atoms with Crippen LogP contribution in [0.4, 0.5) is 0 Å². The van der Waals surface area contributed by atoms with Gasteiger partial charge in [0, 0.05) is 0 Å². The van der Waals surface area contributed by atoms with Gasteiger partial charge in [-0.2, -0.15) is 0 Å². The maximum atomic E-state index is 3.76. The quantitative estimate of drug-likeness (QED) is 0.606. The van der Waals surface area contributed by atoms with Crippen molar-refractivity contribution in [2.24, 2.45) is 0 Å². The Labute approximate surface area is 92.5 Å². The molecule has 0 aromatic rings. The highest BCUT2D eigenvalue weighted by molar-refractivity contribution is 4.35. The number of quaternary nitrogens is 1. The minimum atomic E-state index is 0. The predicted molar refractivity (Wildman–Crippen MR) is 68.4 cm³/mol. The van der Waals surface area contributed by atoms with Gasteiger partial charge in [0.1, 0.15) is 0 Å². The Kier molecular flexibility index (Phi) is 32.2. The van der Waals surface area contributed by atoms with E-state index < -0.39 is 0 Å². The van der Waals surface area contributed by atoms with Crippen molar-refractivity contribution in [3.05, 3.63) is 0 Å². The molecule has 1 heteroatoms.